The van der Waals surface area contributed by atoms with Gasteiger partial charge in [-0.3, -0.25) is 10.1 Å². The maximum absolute atomic E-state index is 11.5. The lowest BCUT2D eigenvalue weighted by Gasteiger charge is -2.36. The van der Waals surface area contributed by atoms with Gasteiger partial charge in [-0.05, 0) is 31.9 Å². The second-order valence-corrected chi connectivity index (χ2v) is 5.49. The first-order valence-corrected chi connectivity index (χ1v) is 7.48. The van der Waals surface area contributed by atoms with Crippen molar-refractivity contribution in [3.05, 3.63) is 28.3 Å². The van der Waals surface area contributed by atoms with Crippen molar-refractivity contribution in [2.75, 3.05) is 23.8 Å². The van der Waals surface area contributed by atoms with Crippen LogP contribution in [0.5, 0.6) is 0 Å². The highest BCUT2D eigenvalue weighted by molar-refractivity contribution is 5.77. The van der Waals surface area contributed by atoms with Crippen LogP contribution in [0.4, 0.5) is 17.1 Å². The van der Waals surface area contributed by atoms with E-state index in [9.17, 15) is 15.2 Å². The SMILES string of the molecule is CCNc1cccc(N(C)C2CCCCC2O)c1[N+](=O)[O-]. The number of aliphatic hydroxyl groups is 1. The van der Waals surface area contributed by atoms with E-state index in [1.54, 1.807) is 12.1 Å². The molecule has 0 heterocycles. The van der Waals surface area contributed by atoms with E-state index < -0.39 is 6.10 Å². The van der Waals surface area contributed by atoms with Crippen LogP contribution in [0.1, 0.15) is 32.6 Å². The van der Waals surface area contributed by atoms with Crippen LogP contribution < -0.4 is 10.2 Å². The van der Waals surface area contributed by atoms with E-state index in [4.69, 9.17) is 0 Å². The molecule has 1 aliphatic carbocycles. The van der Waals surface area contributed by atoms with E-state index in [-0.39, 0.29) is 16.7 Å². The maximum Gasteiger partial charge on any atom is 0.315 e. The number of nitrogens with zero attached hydrogens (tertiary/aromatic N) is 2. The lowest BCUT2D eigenvalue weighted by atomic mass is 9.91. The van der Waals surface area contributed by atoms with Gasteiger partial charge in [-0.2, -0.15) is 0 Å². The van der Waals surface area contributed by atoms with Gasteiger partial charge in [0.2, 0.25) is 0 Å². The third kappa shape index (κ3) is 3.26. The number of likely N-dealkylation sites (N-methyl/N-ethyl adjacent to an activating group) is 1. The Morgan fingerprint density at radius 1 is 1.43 bits per heavy atom. The molecule has 6 heteroatoms. The molecule has 1 saturated carbocycles. The number of hydrogen-bond acceptors (Lipinski definition) is 5. The Kier molecular flexibility index (Phi) is 5.01. The van der Waals surface area contributed by atoms with Crippen molar-refractivity contribution in [2.45, 2.75) is 44.8 Å². The van der Waals surface area contributed by atoms with Crippen LogP contribution in [-0.2, 0) is 0 Å². The summed E-state index contributed by atoms with van der Waals surface area (Å²) in [4.78, 5) is 13.0. The van der Waals surface area contributed by atoms with Gasteiger partial charge in [0, 0.05) is 13.6 Å². The van der Waals surface area contributed by atoms with Gasteiger partial charge < -0.3 is 15.3 Å². The smallest absolute Gasteiger partial charge is 0.315 e. The summed E-state index contributed by atoms with van der Waals surface area (Å²) < 4.78 is 0. The number of nitrogens with one attached hydrogen (secondary N) is 1. The molecule has 0 aromatic heterocycles. The van der Waals surface area contributed by atoms with Crippen molar-refractivity contribution >= 4 is 17.1 Å². The number of anilines is 2. The van der Waals surface area contributed by atoms with Crippen molar-refractivity contribution in [1.29, 1.82) is 0 Å². The topological polar surface area (TPSA) is 78.6 Å². The molecule has 116 valence electrons. The van der Waals surface area contributed by atoms with Gasteiger partial charge in [0.05, 0.1) is 17.1 Å². The lowest BCUT2D eigenvalue weighted by molar-refractivity contribution is -0.383. The normalized spacial score (nSPS) is 21.9. The van der Waals surface area contributed by atoms with E-state index in [2.05, 4.69) is 5.32 Å². The van der Waals surface area contributed by atoms with Gasteiger partial charge in [0.25, 0.3) is 0 Å². The number of benzene rings is 1. The molecular formula is C15H23N3O3. The number of hydrogen-bond donors (Lipinski definition) is 2. The summed E-state index contributed by atoms with van der Waals surface area (Å²) in [5, 5.41) is 24.7. The van der Waals surface area contributed by atoms with Gasteiger partial charge in [-0.25, -0.2) is 0 Å². The highest BCUT2D eigenvalue weighted by Gasteiger charge is 2.31. The van der Waals surface area contributed by atoms with Crippen molar-refractivity contribution in [3.63, 3.8) is 0 Å². The molecule has 2 unspecified atom stereocenters. The van der Waals surface area contributed by atoms with E-state index in [0.717, 1.165) is 25.7 Å². The summed E-state index contributed by atoms with van der Waals surface area (Å²) in [6.45, 7) is 2.53. The summed E-state index contributed by atoms with van der Waals surface area (Å²) in [6, 6.07) is 5.22. The molecule has 6 nitrogen and oxygen atoms in total. The Morgan fingerprint density at radius 2 is 2.14 bits per heavy atom. The van der Waals surface area contributed by atoms with Crippen molar-refractivity contribution in [2.24, 2.45) is 0 Å². The minimum Gasteiger partial charge on any atom is -0.391 e. The quantitative estimate of drug-likeness (QED) is 0.644. The summed E-state index contributed by atoms with van der Waals surface area (Å²) in [7, 11) is 1.83. The van der Waals surface area contributed by atoms with Crippen LogP contribution in [0.15, 0.2) is 18.2 Å². The van der Waals surface area contributed by atoms with E-state index >= 15 is 0 Å². The van der Waals surface area contributed by atoms with Crippen LogP contribution in [0, 0.1) is 10.1 Å². The van der Waals surface area contributed by atoms with E-state index in [1.807, 2.05) is 24.9 Å². The molecule has 0 amide bonds. The Labute approximate surface area is 124 Å². The molecule has 1 aromatic rings. The molecule has 0 spiro atoms. The second-order valence-electron chi connectivity index (χ2n) is 5.49. The highest BCUT2D eigenvalue weighted by Crippen LogP contribution is 2.37. The summed E-state index contributed by atoms with van der Waals surface area (Å²) in [5.74, 6) is 0. The van der Waals surface area contributed by atoms with Crippen LogP contribution in [-0.4, -0.2) is 35.8 Å². The molecule has 2 rings (SSSR count). The number of para-hydroxylation sites is 1. The van der Waals surface area contributed by atoms with Crippen LogP contribution in [0.2, 0.25) is 0 Å². The summed E-state index contributed by atoms with van der Waals surface area (Å²) in [5.41, 5.74) is 1.17. The molecule has 2 N–H and O–H groups in total. The minimum absolute atomic E-state index is 0.0608. The number of nitro benzene ring substituents is 1. The molecule has 2 atom stereocenters. The van der Waals surface area contributed by atoms with Gasteiger partial charge in [-0.15, -0.1) is 0 Å². The third-order valence-corrected chi connectivity index (χ3v) is 4.14. The fourth-order valence-corrected chi connectivity index (χ4v) is 3.06. The first-order chi connectivity index (χ1) is 10.1. The average Bonchev–Trinajstić information content (AvgIpc) is 2.47. The highest BCUT2D eigenvalue weighted by atomic mass is 16.6. The summed E-state index contributed by atoms with van der Waals surface area (Å²) in [6.07, 6.45) is 3.26. The van der Waals surface area contributed by atoms with E-state index in [1.165, 1.54) is 0 Å². The minimum atomic E-state index is -0.425. The zero-order valence-electron chi connectivity index (χ0n) is 12.6. The van der Waals surface area contributed by atoms with Crippen LogP contribution in [0.3, 0.4) is 0 Å². The van der Waals surface area contributed by atoms with Gasteiger partial charge >= 0.3 is 5.69 Å². The Hall–Kier alpha value is -1.82. The maximum atomic E-state index is 11.5. The monoisotopic (exact) mass is 293 g/mol. The standard InChI is InChI=1S/C15H23N3O3/c1-3-16-11-7-6-9-13(15(11)18(20)21)17(2)12-8-4-5-10-14(12)19/h6-7,9,12,14,16,19H,3-5,8,10H2,1-2H3. The van der Waals surface area contributed by atoms with Crippen molar-refractivity contribution in [1.82, 2.24) is 0 Å². The second kappa shape index (κ2) is 6.76. The Bertz CT molecular complexity index is 507. The molecular weight excluding hydrogens is 270 g/mol. The predicted molar refractivity (Wildman–Crippen MR) is 83.9 cm³/mol. The molecule has 0 radical (unpaired) electrons. The molecule has 1 aliphatic rings. The lowest BCUT2D eigenvalue weighted by Crippen LogP contribution is -2.43. The van der Waals surface area contributed by atoms with Gasteiger partial charge in [0.1, 0.15) is 11.4 Å². The number of aliphatic hydroxyl groups excluding tert-OH is 1. The van der Waals surface area contributed by atoms with Gasteiger partial charge in [0.15, 0.2) is 0 Å². The largest absolute Gasteiger partial charge is 0.391 e. The zero-order chi connectivity index (χ0) is 15.4. The molecule has 1 aromatic carbocycles. The van der Waals surface area contributed by atoms with Gasteiger partial charge in [-0.1, -0.05) is 18.9 Å². The summed E-state index contributed by atoms with van der Waals surface area (Å²) >= 11 is 0. The predicted octanol–water partition coefficient (Wildman–Crippen LogP) is 2.77. The molecule has 1 fully saturated rings. The Balaban J connectivity index is 2.37. The third-order valence-electron chi connectivity index (χ3n) is 4.14. The number of rotatable bonds is 5. The van der Waals surface area contributed by atoms with Crippen molar-refractivity contribution < 1.29 is 10.0 Å². The first kappa shape index (κ1) is 15.6. The molecule has 0 bridgehead atoms. The zero-order valence-corrected chi connectivity index (χ0v) is 12.6. The van der Waals surface area contributed by atoms with E-state index in [0.29, 0.717) is 17.9 Å². The van der Waals surface area contributed by atoms with Crippen molar-refractivity contribution in [3.8, 4) is 0 Å². The van der Waals surface area contributed by atoms with Crippen LogP contribution in [0.25, 0.3) is 0 Å². The number of nitro groups is 1. The molecule has 0 saturated heterocycles. The fourth-order valence-electron chi connectivity index (χ4n) is 3.06. The van der Waals surface area contributed by atoms with Crippen LogP contribution >= 0.6 is 0 Å². The first-order valence-electron chi connectivity index (χ1n) is 7.48. The Morgan fingerprint density at radius 3 is 2.76 bits per heavy atom. The molecule has 0 aliphatic heterocycles. The molecule has 21 heavy (non-hydrogen) atoms. The fraction of sp³-hybridized carbons (Fsp3) is 0.600. The average molecular weight is 293 g/mol.